The Bertz CT molecular complexity index is 447. The molecule has 2 heterocycles. The summed E-state index contributed by atoms with van der Waals surface area (Å²) in [6.45, 7) is 2.85. The topological polar surface area (TPSA) is 50.8 Å². The third-order valence-electron chi connectivity index (χ3n) is 3.86. The maximum absolute atomic E-state index is 12.2. The Balaban J connectivity index is 1.54. The Hall–Kier alpha value is -1.59. The van der Waals surface area contributed by atoms with Crippen molar-refractivity contribution in [3.8, 4) is 0 Å². The van der Waals surface area contributed by atoms with Crippen LogP contribution in [0.3, 0.4) is 0 Å². The normalized spacial score (nSPS) is 21.7. The quantitative estimate of drug-likeness (QED) is 0.857. The molecule has 2 aliphatic rings. The van der Waals surface area contributed by atoms with Gasteiger partial charge in [0.05, 0.1) is 13.2 Å². The van der Waals surface area contributed by atoms with Gasteiger partial charge in [0, 0.05) is 31.6 Å². The van der Waals surface area contributed by atoms with Crippen LogP contribution < -0.4 is 5.32 Å². The smallest absolute Gasteiger partial charge is 0.321 e. The summed E-state index contributed by atoms with van der Waals surface area (Å²) in [5, 5.41) is 2.91. The molecular formula is C15H20N2O3. The van der Waals surface area contributed by atoms with Crippen molar-refractivity contribution in [3.05, 3.63) is 30.3 Å². The maximum atomic E-state index is 12.2. The predicted molar refractivity (Wildman–Crippen MR) is 75.5 cm³/mol. The molecule has 1 N–H and O–H groups in total. The Labute approximate surface area is 118 Å². The Morgan fingerprint density at radius 3 is 2.40 bits per heavy atom. The number of likely N-dealkylation sites (tertiary alicyclic amines) is 1. The number of urea groups is 1. The van der Waals surface area contributed by atoms with E-state index in [1.165, 1.54) is 0 Å². The van der Waals surface area contributed by atoms with Gasteiger partial charge in [0.15, 0.2) is 5.79 Å². The van der Waals surface area contributed by atoms with Crippen LogP contribution in [0.15, 0.2) is 30.3 Å². The molecule has 1 aromatic carbocycles. The fraction of sp³-hybridized carbons (Fsp3) is 0.533. The van der Waals surface area contributed by atoms with Crippen LogP contribution in [0.1, 0.15) is 19.3 Å². The molecule has 0 aliphatic carbocycles. The number of carbonyl (C=O) groups excluding carboxylic acids is 1. The van der Waals surface area contributed by atoms with Crippen LogP contribution in [0.4, 0.5) is 10.5 Å². The van der Waals surface area contributed by atoms with E-state index in [0.717, 1.165) is 38.2 Å². The van der Waals surface area contributed by atoms with Crippen LogP contribution >= 0.6 is 0 Å². The number of rotatable bonds is 1. The van der Waals surface area contributed by atoms with Crippen molar-refractivity contribution in [1.82, 2.24) is 4.90 Å². The number of hydrogen-bond acceptors (Lipinski definition) is 3. The van der Waals surface area contributed by atoms with Crippen molar-refractivity contribution in [2.24, 2.45) is 0 Å². The molecular weight excluding hydrogens is 256 g/mol. The Morgan fingerprint density at radius 1 is 1.10 bits per heavy atom. The minimum Gasteiger partial charge on any atom is -0.350 e. The van der Waals surface area contributed by atoms with Gasteiger partial charge < -0.3 is 19.7 Å². The molecule has 5 heteroatoms. The molecule has 2 fully saturated rings. The first-order valence-corrected chi connectivity index (χ1v) is 7.16. The highest BCUT2D eigenvalue weighted by molar-refractivity contribution is 5.89. The number of nitrogens with zero attached hydrogens (tertiary/aromatic N) is 1. The standard InChI is InChI=1S/C15H20N2O3/c18-14(16-13-5-2-1-3-6-13)17-9-7-15(8-10-17)19-11-4-12-20-15/h1-3,5-6H,4,7-12H2,(H,16,18). The first-order valence-electron chi connectivity index (χ1n) is 7.16. The minimum atomic E-state index is -0.443. The SMILES string of the molecule is O=C(Nc1ccccc1)N1CCC2(CC1)OCCCO2. The molecule has 0 radical (unpaired) electrons. The molecule has 0 unspecified atom stereocenters. The van der Waals surface area contributed by atoms with Gasteiger partial charge >= 0.3 is 6.03 Å². The zero-order valence-corrected chi connectivity index (χ0v) is 11.5. The fourth-order valence-corrected chi connectivity index (χ4v) is 2.68. The summed E-state index contributed by atoms with van der Waals surface area (Å²) in [6, 6.07) is 9.46. The molecule has 1 spiro atoms. The number of carbonyl (C=O) groups is 1. The highest BCUT2D eigenvalue weighted by Gasteiger charge is 2.39. The highest BCUT2D eigenvalue weighted by Crippen LogP contribution is 2.30. The molecule has 0 atom stereocenters. The lowest BCUT2D eigenvalue weighted by molar-refractivity contribution is -0.281. The summed E-state index contributed by atoms with van der Waals surface area (Å²) in [4.78, 5) is 14.0. The van der Waals surface area contributed by atoms with Gasteiger partial charge in [0.1, 0.15) is 0 Å². The van der Waals surface area contributed by atoms with E-state index < -0.39 is 5.79 Å². The van der Waals surface area contributed by atoms with Gasteiger partial charge in [-0.1, -0.05) is 18.2 Å². The first-order chi connectivity index (χ1) is 9.77. The molecule has 108 valence electrons. The number of amides is 2. The average molecular weight is 276 g/mol. The van der Waals surface area contributed by atoms with Crippen LogP contribution in [0.25, 0.3) is 0 Å². The molecule has 2 saturated heterocycles. The average Bonchev–Trinajstić information content (AvgIpc) is 2.50. The molecule has 0 bridgehead atoms. The third-order valence-corrected chi connectivity index (χ3v) is 3.86. The van der Waals surface area contributed by atoms with E-state index in [2.05, 4.69) is 5.32 Å². The van der Waals surface area contributed by atoms with Crippen molar-refractivity contribution in [2.75, 3.05) is 31.6 Å². The summed E-state index contributed by atoms with van der Waals surface area (Å²) in [5.74, 6) is -0.443. The number of benzene rings is 1. The van der Waals surface area contributed by atoms with Crippen LogP contribution in [0.5, 0.6) is 0 Å². The van der Waals surface area contributed by atoms with Gasteiger partial charge in [-0.2, -0.15) is 0 Å². The van der Waals surface area contributed by atoms with Crippen LogP contribution in [-0.2, 0) is 9.47 Å². The van der Waals surface area contributed by atoms with Gasteiger partial charge in [-0.15, -0.1) is 0 Å². The first kappa shape index (κ1) is 13.4. The number of anilines is 1. The molecule has 2 aliphatic heterocycles. The van der Waals surface area contributed by atoms with Crippen molar-refractivity contribution >= 4 is 11.7 Å². The largest absolute Gasteiger partial charge is 0.350 e. The number of ether oxygens (including phenoxy) is 2. The van der Waals surface area contributed by atoms with E-state index in [0.29, 0.717) is 13.1 Å². The van der Waals surface area contributed by atoms with E-state index in [1.807, 2.05) is 35.2 Å². The summed E-state index contributed by atoms with van der Waals surface area (Å²) in [5.41, 5.74) is 0.822. The second-order valence-electron chi connectivity index (χ2n) is 5.24. The molecule has 3 rings (SSSR count). The monoisotopic (exact) mass is 276 g/mol. The van der Waals surface area contributed by atoms with Crippen molar-refractivity contribution in [1.29, 1.82) is 0 Å². The van der Waals surface area contributed by atoms with Gasteiger partial charge in [-0.3, -0.25) is 0 Å². The van der Waals surface area contributed by atoms with Crippen LogP contribution in [0.2, 0.25) is 0 Å². The predicted octanol–water partition coefficient (Wildman–Crippen LogP) is 2.45. The van der Waals surface area contributed by atoms with Gasteiger partial charge in [-0.25, -0.2) is 4.79 Å². The summed E-state index contributed by atoms with van der Waals surface area (Å²) in [6.07, 6.45) is 2.45. The van der Waals surface area contributed by atoms with Gasteiger partial charge in [0.25, 0.3) is 0 Å². The van der Waals surface area contributed by atoms with E-state index in [4.69, 9.17) is 9.47 Å². The Kier molecular flexibility index (Phi) is 3.89. The van der Waals surface area contributed by atoms with Crippen molar-refractivity contribution < 1.29 is 14.3 Å². The fourth-order valence-electron chi connectivity index (χ4n) is 2.68. The van der Waals surface area contributed by atoms with E-state index in [9.17, 15) is 4.79 Å². The molecule has 1 aromatic rings. The van der Waals surface area contributed by atoms with Crippen molar-refractivity contribution in [3.63, 3.8) is 0 Å². The summed E-state index contributed by atoms with van der Waals surface area (Å²) in [7, 11) is 0. The lowest BCUT2D eigenvalue weighted by atomic mass is 10.0. The second kappa shape index (κ2) is 5.81. The van der Waals surface area contributed by atoms with Gasteiger partial charge in [0.2, 0.25) is 0 Å². The molecule has 0 saturated carbocycles. The molecule has 5 nitrogen and oxygen atoms in total. The van der Waals surface area contributed by atoms with E-state index >= 15 is 0 Å². The molecule has 0 aromatic heterocycles. The summed E-state index contributed by atoms with van der Waals surface area (Å²) < 4.78 is 11.5. The number of nitrogens with one attached hydrogen (secondary N) is 1. The lowest BCUT2D eigenvalue weighted by Gasteiger charge is -2.43. The zero-order chi connectivity index (χ0) is 13.8. The van der Waals surface area contributed by atoms with Crippen molar-refractivity contribution in [2.45, 2.75) is 25.0 Å². The van der Waals surface area contributed by atoms with E-state index in [-0.39, 0.29) is 6.03 Å². The Morgan fingerprint density at radius 2 is 1.75 bits per heavy atom. The minimum absolute atomic E-state index is 0.0538. The maximum Gasteiger partial charge on any atom is 0.321 e. The zero-order valence-electron chi connectivity index (χ0n) is 11.5. The van der Waals surface area contributed by atoms with E-state index in [1.54, 1.807) is 0 Å². The van der Waals surface area contributed by atoms with Crippen LogP contribution in [0, 0.1) is 0 Å². The third kappa shape index (κ3) is 2.94. The summed E-state index contributed by atoms with van der Waals surface area (Å²) >= 11 is 0. The second-order valence-corrected chi connectivity index (χ2v) is 5.24. The van der Waals surface area contributed by atoms with Gasteiger partial charge in [-0.05, 0) is 18.6 Å². The lowest BCUT2D eigenvalue weighted by Crippen LogP contribution is -2.52. The number of piperidine rings is 1. The molecule has 2 amide bonds. The number of hydrogen-bond donors (Lipinski definition) is 1. The number of para-hydroxylation sites is 1. The van der Waals surface area contributed by atoms with Crippen LogP contribution in [-0.4, -0.2) is 43.0 Å². The highest BCUT2D eigenvalue weighted by atomic mass is 16.7. The molecule has 20 heavy (non-hydrogen) atoms.